The molecule has 1 aromatic carbocycles. The van der Waals surface area contributed by atoms with Crippen molar-refractivity contribution < 1.29 is 14.7 Å². The van der Waals surface area contributed by atoms with Crippen molar-refractivity contribution in [1.29, 1.82) is 0 Å². The van der Waals surface area contributed by atoms with Gasteiger partial charge in [-0.1, -0.05) is 18.2 Å². The maximum absolute atomic E-state index is 12.2. The molecule has 23 heavy (non-hydrogen) atoms. The van der Waals surface area contributed by atoms with Gasteiger partial charge in [-0.2, -0.15) is 0 Å². The highest BCUT2D eigenvalue weighted by Gasteiger charge is 2.26. The van der Waals surface area contributed by atoms with Crippen LogP contribution in [0.2, 0.25) is 0 Å². The number of aryl methyl sites for hydroxylation is 1. The van der Waals surface area contributed by atoms with Gasteiger partial charge in [0.15, 0.2) is 0 Å². The number of piperidine rings is 1. The molecular formula is C17H25N3O3. The maximum Gasteiger partial charge on any atom is 0.231 e. The van der Waals surface area contributed by atoms with Gasteiger partial charge in [0.25, 0.3) is 0 Å². The van der Waals surface area contributed by atoms with E-state index in [0.29, 0.717) is 18.8 Å². The van der Waals surface area contributed by atoms with Gasteiger partial charge < -0.3 is 16.2 Å². The fraction of sp³-hybridized carbons (Fsp3) is 0.529. The van der Waals surface area contributed by atoms with E-state index in [-0.39, 0.29) is 24.3 Å². The standard InChI is InChI=1S/C17H25N3O3/c18-16(22)12-20-10-4-7-14(11-20)17(23)19-9-3-6-13-5-1-2-8-15(13)21/h1-2,5,8,14,21H,3-4,6-7,9-12H2,(H2,18,22)(H,19,23). The van der Waals surface area contributed by atoms with E-state index in [4.69, 9.17) is 5.73 Å². The lowest BCUT2D eigenvalue weighted by Crippen LogP contribution is -2.45. The number of carbonyl (C=O) groups excluding carboxylic acids is 2. The lowest BCUT2D eigenvalue weighted by Gasteiger charge is -2.30. The van der Waals surface area contributed by atoms with E-state index < -0.39 is 0 Å². The molecule has 1 aliphatic heterocycles. The summed E-state index contributed by atoms with van der Waals surface area (Å²) in [6.07, 6.45) is 3.26. The van der Waals surface area contributed by atoms with Gasteiger partial charge in [0.1, 0.15) is 5.75 Å². The van der Waals surface area contributed by atoms with Crippen molar-refractivity contribution in [2.45, 2.75) is 25.7 Å². The molecule has 1 aliphatic rings. The van der Waals surface area contributed by atoms with Crippen LogP contribution in [0.1, 0.15) is 24.8 Å². The number of para-hydroxylation sites is 1. The second-order valence-corrected chi connectivity index (χ2v) is 6.06. The molecule has 0 saturated carbocycles. The topological polar surface area (TPSA) is 95.7 Å². The van der Waals surface area contributed by atoms with E-state index in [0.717, 1.165) is 37.8 Å². The number of amides is 2. The lowest BCUT2D eigenvalue weighted by atomic mass is 9.97. The Kier molecular flexibility index (Phi) is 6.40. The third-order valence-corrected chi connectivity index (χ3v) is 4.17. The Hall–Kier alpha value is -2.08. The number of nitrogens with two attached hydrogens (primary N) is 1. The van der Waals surface area contributed by atoms with Gasteiger partial charge in [-0.05, 0) is 43.9 Å². The number of nitrogens with one attached hydrogen (secondary N) is 1. The number of phenolic OH excluding ortho intramolecular Hbond substituents is 1. The molecule has 6 nitrogen and oxygen atoms in total. The number of aromatic hydroxyl groups is 1. The minimum Gasteiger partial charge on any atom is -0.508 e. The third kappa shape index (κ3) is 5.56. The first kappa shape index (κ1) is 17.3. The van der Waals surface area contributed by atoms with Gasteiger partial charge in [0.2, 0.25) is 11.8 Å². The van der Waals surface area contributed by atoms with E-state index in [9.17, 15) is 14.7 Å². The van der Waals surface area contributed by atoms with Gasteiger partial charge in [-0.3, -0.25) is 14.5 Å². The Morgan fingerprint density at radius 3 is 2.87 bits per heavy atom. The molecule has 1 fully saturated rings. The van der Waals surface area contributed by atoms with Crippen LogP contribution in [-0.2, 0) is 16.0 Å². The average Bonchev–Trinajstić information content (AvgIpc) is 2.52. The highest BCUT2D eigenvalue weighted by atomic mass is 16.3. The number of hydrogen-bond donors (Lipinski definition) is 3. The van der Waals surface area contributed by atoms with Crippen LogP contribution >= 0.6 is 0 Å². The Labute approximate surface area is 136 Å². The summed E-state index contributed by atoms with van der Waals surface area (Å²) in [5, 5.41) is 12.6. The molecule has 1 aromatic rings. The maximum atomic E-state index is 12.2. The molecule has 1 atom stereocenters. The molecule has 1 unspecified atom stereocenters. The Morgan fingerprint density at radius 2 is 2.13 bits per heavy atom. The molecule has 0 aromatic heterocycles. The zero-order valence-electron chi connectivity index (χ0n) is 13.3. The predicted octanol–water partition coefficient (Wildman–Crippen LogP) is 0.638. The summed E-state index contributed by atoms with van der Waals surface area (Å²) in [4.78, 5) is 25.1. The van der Waals surface area contributed by atoms with E-state index in [1.54, 1.807) is 12.1 Å². The number of phenols is 1. The lowest BCUT2D eigenvalue weighted by molar-refractivity contribution is -0.128. The predicted molar refractivity (Wildman–Crippen MR) is 87.8 cm³/mol. The molecule has 2 rings (SSSR count). The smallest absolute Gasteiger partial charge is 0.231 e. The largest absolute Gasteiger partial charge is 0.508 e. The normalized spacial score (nSPS) is 18.5. The third-order valence-electron chi connectivity index (χ3n) is 4.17. The second-order valence-electron chi connectivity index (χ2n) is 6.06. The highest BCUT2D eigenvalue weighted by molar-refractivity contribution is 5.79. The average molecular weight is 319 g/mol. The molecule has 6 heteroatoms. The van der Waals surface area contributed by atoms with E-state index in [1.165, 1.54) is 0 Å². The second kappa shape index (κ2) is 8.53. The van der Waals surface area contributed by atoms with Crippen molar-refractivity contribution >= 4 is 11.8 Å². The van der Waals surface area contributed by atoms with Gasteiger partial charge in [0, 0.05) is 13.1 Å². The first-order valence-corrected chi connectivity index (χ1v) is 8.11. The Bertz CT molecular complexity index is 548. The van der Waals surface area contributed by atoms with Crippen molar-refractivity contribution in [3.05, 3.63) is 29.8 Å². The first-order chi connectivity index (χ1) is 11.1. The van der Waals surface area contributed by atoms with Gasteiger partial charge in [-0.25, -0.2) is 0 Å². The minimum atomic E-state index is -0.353. The number of likely N-dealkylation sites (tertiary alicyclic amines) is 1. The molecule has 2 amide bonds. The van der Waals surface area contributed by atoms with Crippen LogP contribution in [0.5, 0.6) is 5.75 Å². The van der Waals surface area contributed by atoms with Crippen molar-refractivity contribution in [2.75, 3.05) is 26.2 Å². The molecule has 0 radical (unpaired) electrons. The Morgan fingerprint density at radius 1 is 1.35 bits per heavy atom. The monoisotopic (exact) mass is 319 g/mol. The van der Waals surface area contributed by atoms with Gasteiger partial charge in [-0.15, -0.1) is 0 Å². The van der Waals surface area contributed by atoms with Crippen molar-refractivity contribution in [2.24, 2.45) is 11.7 Å². The summed E-state index contributed by atoms with van der Waals surface area (Å²) < 4.78 is 0. The van der Waals surface area contributed by atoms with Crippen LogP contribution in [0.4, 0.5) is 0 Å². The zero-order chi connectivity index (χ0) is 16.7. The molecule has 4 N–H and O–H groups in total. The minimum absolute atomic E-state index is 0.0384. The van der Waals surface area contributed by atoms with Crippen molar-refractivity contribution in [3.8, 4) is 5.75 Å². The summed E-state index contributed by atoms with van der Waals surface area (Å²) in [6, 6.07) is 7.24. The van der Waals surface area contributed by atoms with E-state index in [2.05, 4.69) is 5.32 Å². The number of benzene rings is 1. The number of hydrogen-bond acceptors (Lipinski definition) is 4. The summed E-state index contributed by atoms with van der Waals surface area (Å²) >= 11 is 0. The summed E-state index contributed by atoms with van der Waals surface area (Å²) in [5.41, 5.74) is 6.10. The van der Waals surface area contributed by atoms with Crippen LogP contribution < -0.4 is 11.1 Å². The van der Waals surface area contributed by atoms with Crippen LogP contribution in [-0.4, -0.2) is 48.0 Å². The molecule has 0 aliphatic carbocycles. The quantitative estimate of drug-likeness (QED) is 0.643. The van der Waals surface area contributed by atoms with Crippen LogP contribution in [0.25, 0.3) is 0 Å². The van der Waals surface area contributed by atoms with Gasteiger partial charge in [0.05, 0.1) is 12.5 Å². The van der Waals surface area contributed by atoms with Gasteiger partial charge >= 0.3 is 0 Å². The molecule has 1 heterocycles. The fourth-order valence-corrected chi connectivity index (χ4v) is 2.99. The number of nitrogens with zero attached hydrogens (tertiary/aromatic N) is 1. The summed E-state index contributed by atoms with van der Waals surface area (Å²) in [7, 11) is 0. The molecular weight excluding hydrogens is 294 g/mol. The highest BCUT2D eigenvalue weighted by Crippen LogP contribution is 2.18. The van der Waals surface area contributed by atoms with Crippen LogP contribution in [0.3, 0.4) is 0 Å². The first-order valence-electron chi connectivity index (χ1n) is 8.11. The molecule has 1 saturated heterocycles. The number of carbonyl (C=O) groups is 2. The van der Waals surface area contributed by atoms with Crippen LogP contribution in [0.15, 0.2) is 24.3 Å². The molecule has 0 bridgehead atoms. The number of primary amides is 1. The molecule has 126 valence electrons. The zero-order valence-corrected chi connectivity index (χ0v) is 13.3. The van der Waals surface area contributed by atoms with Crippen molar-refractivity contribution in [3.63, 3.8) is 0 Å². The van der Waals surface area contributed by atoms with E-state index in [1.807, 2.05) is 17.0 Å². The van der Waals surface area contributed by atoms with E-state index >= 15 is 0 Å². The SMILES string of the molecule is NC(=O)CN1CCCC(C(=O)NCCCc2ccccc2O)C1. The summed E-state index contributed by atoms with van der Waals surface area (Å²) in [5.74, 6) is -0.0911. The fourth-order valence-electron chi connectivity index (χ4n) is 2.99. The van der Waals surface area contributed by atoms with Crippen LogP contribution in [0, 0.1) is 5.92 Å². The van der Waals surface area contributed by atoms with Crippen molar-refractivity contribution in [1.82, 2.24) is 10.2 Å². The molecule has 0 spiro atoms. The summed E-state index contributed by atoms with van der Waals surface area (Å²) in [6.45, 7) is 2.21. The number of rotatable bonds is 7. The Balaban J connectivity index is 1.70.